The van der Waals surface area contributed by atoms with Crippen LogP contribution in [0.3, 0.4) is 0 Å². The van der Waals surface area contributed by atoms with Crippen LogP contribution in [0.5, 0.6) is 23.0 Å². The molecule has 1 saturated heterocycles. The van der Waals surface area contributed by atoms with Crippen LogP contribution in [0.15, 0.2) is 42.5 Å². The van der Waals surface area contributed by atoms with Crippen LogP contribution in [0, 0.1) is 5.92 Å². The summed E-state index contributed by atoms with van der Waals surface area (Å²) in [5, 5.41) is 10.5. The van der Waals surface area contributed by atoms with E-state index < -0.39 is 17.9 Å². The van der Waals surface area contributed by atoms with Gasteiger partial charge < -0.3 is 33.9 Å². The highest BCUT2D eigenvalue weighted by atomic mass is 16.7. The number of ether oxygens (including phenoxy) is 4. The second-order valence-electron chi connectivity index (χ2n) is 11.3. The van der Waals surface area contributed by atoms with Gasteiger partial charge in [-0.1, -0.05) is 31.5 Å². The van der Waals surface area contributed by atoms with Gasteiger partial charge in [0.05, 0.1) is 25.6 Å². The number of carboxylic acids is 1. The van der Waals surface area contributed by atoms with E-state index in [9.17, 15) is 14.7 Å². The van der Waals surface area contributed by atoms with Crippen molar-refractivity contribution in [2.75, 3.05) is 67.3 Å². The number of hydrogen-bond donors (Lipinski definition) is 1. The summed E-state index contributed by atoms with van der Waals surface area (Å²) in [6.45, 7) is 5.26. The lowest BCUT2D eigenvalue weighted by Gasteiger charge is -2.30. The zero-order valence-electron chi connectivity index (χ0n) is 25.3. The topological polar surface area (TPSA) is 101 Å². The normalized spacial score (nSPS) is 19.7. The van der Waals surface area contributed by atoms with Gasteiger partial charge >= 0.3 is 5.97 Å². The molecule has 2 aromatic carbocycles. The molecular formula is C32H45N3O7. The zero-order chi connectivity index (χ0) is 30.1. The van der Waals surface area contributed by atoms with E-state index in [1.165, 1.54) is 0 Å². The van der Waals surface area contributed by atoms with Crippen LogP contribution in [-0.2, 0) is 9.59 Å². The first-order chi connectivity index (χ1) is 20.3. The largest absolute Gasteiger partial charge is 0.493 e. The molecule has 0 saturated carbocycles. The van der Waals surface area contributed by atoms with Crippen molar-refractivity contribution in [1.29, 1.82) is 0 Å². The van der Waals surface area contributed by atoms with Crippen molar-refractivity contribution >= 4 is 11.9 Å². The number of carboxylic acid groups (broad SMARTS) is 1. The summed E-state index contributed by atoms with van der Waals surface area (Å²) >= 11 is 0. The fourth-order valence-corrected chi connectivity index (χ4v) is 5.81. The Morgan fingerprint density at radius 1 is 1.00 bits per heavy atom. The van der Waals surface area contributed by atoms with Crippen molar-refractivity contribution in [3.63, 3.8) is 0 Å². The maximum atomic E-state index is 13.8. The summed E-state index contributed by atoms with van der Waals surface area (Å²) in [6.07, 6.45) is 3.85. The van der Waals surface area contributed by atoms with E-state index in [-0.39, 0.29) is 31.8 Å². The molecule has 10 heteroatoms. The second kappa shape index (κ2) is 15.1. The number of likely N-dealkylation sites (tertiary alicyclic amines) is 1. The summed E-state index contributed by atoms with van der Waals surface area (Å²) in [6, 6.07) is 12.4. The van der Waals surface area contributed by atoms with Gasteiger partial charge in [0.25, 0.3) is 0 Å². The standard InChI is InChI=1S/C32H45N3O7/c1-5-6-16-34(17-10-9-15-33(2)3)30(36)20-35-19-24(23-13-14-28-29(18-23)42-22-41-28)31(32(37)38)25(35)21-40-27-12-8-7-11-26(27)39-4/h7-8,11-14,18,24-25,31H,5-6,9-10,15-17,19-22H2,1-4H3,(H,37,38)/t24-,25+,31?/m1/s1. The predicted molar refractivity (Wildman–Crippen MR) is 160 cm³/mol. The molecule has 0 aromatic heterocycles. The molecular weight excluding hydrogens is 538 g/mol. The van der Waals surface area contributed by atoms with Crippen molar-refractivity contribution in [1.82, 2.24) is 14.7 Å². The summed E-state index contributed by atoms with van der Waals surface area (Å²) < 4.78 is 22.7. The predicted octanol–water partition coefficient (Wildman–Crippen LogP) is 3.94. The number of fused-ring (bicyclic) bond motifs is 1. The van der Waals surface area contributed by atoms with E-state index in [1.54, 1.807) is 19.2 Å². The monoisotopic (exact) mass is 583 g/mol. The van der Waals surface area contributed by atoms with Gasteiger partial charge in [-0.05, 0) is 69.7 Å². The van der Waals surface area contributed by atoms with Crippen LogP contribution < -0.4 is 18.9 Å². The molecule has 42 heavy (non-hydrogen) atoms. The Balaban J connectivity index is 1.57. The molecule has 0 radical (unpaired) electrons. The molecule has 0 bridgehead atoms. The highest BCUT2D eigenvalue weighted by Crippen LogP contribution is 2.42. The van der Waals surface area contributed by atoms with E-state index in [1.807, 2.05) is 40.1 Å². The number of carbonyl (C=O) groups is 2. The number of aliphatic carboxylic acids is 1. The Kier molecular flexibility index (Phi) is 11.3. The molecule has 2 aliphatic heterocycles. The average Bonchev–Trinajstić information content (AvgIpc) is 3.59. The van der Waals surface area contributed by atoms with Gasteiger partial charge in [0, 0.05) is 25.6 Å². The van der Waals surface area contributed by atoms with Crippen molar-refractivity contribution in [3.05, 3.63) is 48.0 Å². The number of benzene rings is 2. The fourth-order valence-electron chi connectivity index (χ4n) is 5.81. The summed E-state index contributed by atoms with van der Waals surface area (Å²) in [5.41, 5.74) is 0.843. The van der Waals surface area contributed by atoms with Gasteiger partial charge in [-0.15, -0.1) is 0 Å². The Labute approximate surface area is 249 Å². The van der Waals surface area contributed by atoms with Crippen molar-refractivity contribution in [3.8, 4) is 23.0 Å². The Bertz CT molecular complexity index is 1190. The molecule has 3 atom stereocenters. The van der Waals surface area contributed by atoms with Gasteiger partial charge in [-0.2, -0.15) is 0 Å². The number of nitrogens with zero attached hydrogens (tertiary/aromatic N) is 3. The molecule has 2 heterocycles. The number of para-hydroxylation sites is 2. The molecule has 0 spiro atoms. The van der Waals surface area contributed by atoms with Crippen molar-refractivity contribution < 1.29 is 33.6 Å². The van der Waals surface area contributed by atoms with Gasteiger partial charge in [-0.3, -0.25) is 14.5 Å². The van der Waals surface area contributed by atoms with Crippen LogP contribution in [-0.4, -0.2) is 105 Å². The first-order valence-corrected chi connectivity index (χ1v) is 14.9. The summed E-state index contributed by atoms with van der Waals surface area (Å²) in [7, 11) is 5.67. The van der Waals surface area contributed by atoms with Crippen LogP contribution in [0.4, 0.5) is 0 Å². The molecule has 2 aliphatic rings. The third-order valence-electron chi connectivity index (χ3n) is 8.09. The van der Waals surface area contributed by atoms with Crippen LogP contribution >= 0.6 is 0 Å². The number of methoxy groups -OCH3 is 1. The Morgan fingerprint density at radius 2 is 1.71 bits per heavy atom. The van der Waals surface area contributed by atoms with Gasteiger partial charge in [0.2, 0.25) is 12.7 Å². The Hall–Kier alpha value is -3.50. The third-order valence-corrected chi connectivity index (χ3v) is 8.09. The van der Waals surface area contributed by atoms with E-state index in [0.717, 1.165) is 37.8 Å². The summed E-state index contributed by atoms with van der Waals surface area (Å²) in [5.74, 6) is 0.299. The molecule has 4 rings (SSSR count). The third kappa shape index (κ3) is 7.86. The Morgan fingerprint density at radius 3 is 2.43 bits per heavy atom. The van der Waals surface area contributed by atoms with E-state index in [4.69, 9.17) is 18.9 Å². The molecule has 230 valence electrons. The van der Waals surface area contributed by atoms with Crippen LogP contribution in [0.25, 0.3) is 0 Å². The molecule has 1 N–H and O–H groups in total. The average molecular weight is 584 g/mol. The summed E-state index contributed by atoms with van der Waals surface area (Å²) in [4.78, 5) is 32.7. The van der Waals surface area contributed by atoms with Crippen molar-refractivity contribution in [2.45, 2.75) is 44.6 Å². The van der Waals surface area contributed by atoms with Gasteiger partial charge in [-0.25, -0.2) is 0 Å². The highest BCUT2D eigenvalue weighted by molar-refractivity contribution is 5.79. The molecule has 10 nitrogen and oxygen atoms in total. The molecule has 1 unspecified atom stereocenters. The van der Waals surface area contributed by atoms with Gasteiger partial charge in [0.15, 0.2) is 23.0 Å². The van der Waals surface area contributed by atoms with Crippen LogP contribution in [0.2, 0.25) is 0 Å². The lowest BCUT2D eigenvalue weighted by molar-refractivity contribution is -0.144. The lowest BCUT2D eigenvalue weighted by atomic mass is 9.85. The smallest absolute Gasteiger partial charge is 0.308 e. The SMILES string of the molecule is CCCCN(CCCCN(C)C)C(=O)CN1C[C@H](c2ccc3c(c2)OCO3)C(C(=O)O)[C@@H]1COc1ccccc1OC. The first kappa shape index (κ1) is 31.4. The zero-order valence-corrected chi connectivity index (χ0v) is 25.3. The molecule has 1 amide bonds. The molecule has 2 aromatic rings. The number of hydrogen-bond acceptors (Lipinski definition) is 8. The van der Waals surface area contributed by atoms with E-state index in [2.05, 4.69) is 25.9 Å². The quantitative estimate of drug-likeness (QED) is 0.295. The van der Waals surface area contributed by atoms with Gasteiger partial charge in [0.1, 0.15) is 6.61 Å². The van der Waals surface area contributed by atoms with E-state index in [0.29, 0.717) is 42.6 Å². The lowest BCUT2D eigenvalue weighted by Crippen LogP contribution is -2.46. The second-order valence-corrected chi connectivity index (χ2v) is 11.3. The number of amides is 1. The minimum Gasteiger partial charge on any atom is -0.493 e. The maximum Gasteiger partial charge on any atom is 0.308 e. The maximum absolute atomic E-state index is 13.8. The van der Waals surface area contributed by atoms with Crippen molar-refractivity contribution in [2.24, 2.45) is 5.92 Å². The minimum absolute atomic E-state index is 0.0195. The molecule has 1 fully saturated rings. The first-order valence-electron chi connectivity index (χ1n) is 14.9. The highest BCUT2D eigenvalue weighted by Gasteiger charge is 2.48. The number of unbranched alkanes of at least 4 members (excludes halogenated alkanes) is 2. The molecule has 0 aliphatic carbocycles. The fraction of sp³-hybridized carbons (Fsp3) is 0.562. The number of rotatable bonds is 16. The number of carbonyl (C=O) groups excluding carboxylic acids is 1. The van der Waals surface area contributed by atoms with Crippen LogP contribution in [0.1, 0.15) is 44.1 Å². The minimum atomic E-state index is -0.923. The van der Waals surface area contributed by atoms with E-state index >= 15 is 0 Å².